The van der Waals surface area contributed by atoms with Crippen molar-refractivity contribution in [1.29, 1.82) is 0 Å². The summed E-state index contributed by atoms with van der Waals surface area (Å²) in [6.07, 6.45) is 0. The Kier molecular flexibility index (Phi) is 4.15. The lowest BCUT2D eigenvalue weighted by molar-refractivity contribution is 0.0999. The number of rotatable bonds is 4. The molecule has 2 amide bonds. The Labute approximate surface area is 121 Å². The van der Waals surface area contributed by atoms with E-state index in [-0.39, 0.29) is 16.1 Å². The Morgan fingerprint density at radius 3 is 2.20 bits per heavy atom. The largest absolute Gasteiger partial charge is 0.397 e. The zero-order valence-electron chi connectivity index (χ0n) is 11.4. The van der Waals surface area contributed by atoms with Gasteiger partial charge in [0.2, 0.25) is 0 Å². The number of hydrogen-bond donors (Lipinski definition) is 3. The minimum Gasteiger partial charge on any atom is -0.397 e. The van der Waals surface area contributed by atoms with Gasteiger partial charge in [-0.05, 0) is 6.54 Å². The van der Waals surface area contributed by atoms with Gasteiger partial charge in [0.1, 0.15) is 9.88 Å². The minimum absolute atomic E-state index is 0.0999. The molecule has 0 saturated carbocycles. The normalized spacial score (nSPS) is 16.4. The number of carbonyl (C=O) groups excluding carboxylic acids is 2. The molecule has 1 aliphatic rings. The number of thiophene rings is 1. The summed E-state index contributed by atoms with van der Waals surface area (Å²) in [7, 11) is 0. The molecule has 2 rings (SSSR count). The number of anilines is 2. The quantitative estimate of drug-likeness (QED) is 0.703. The number of likely N-dealkylation sites (N-methyl/N-ethyl adjacent to an activating group) is 1. The molecule has 1 aliphatic heterocycles. The van der Waals surface area contributed by atoms with Crippen molar-refractivity contribution in [2.24, 2.45) is 11.5 Å². The maximum Gasteiger partial charge on any atom is 0.260 e. The Morgan fingerprint density at radius 1 is 1.15 bits per heavy atom. The molecular formula is C12H19N5O2S. The van der Waals surface area contributed by atoms with Crippen molar-refractivity contribution in [3.8, 4) is 0 Å². The average Bonchev–Trinajstić information content (AvgIpc) is 2.76. The fraction of sp³-hybridized carbons (Fsp3) is 0.500. The second kappa shape index (κ2) is 5.68. The van der Waals surface area contributed by atoms with Crippen LogP contribution in [0.15, 0.2) is 0 Å². The summed E-state index contributed by atoms with van der Waals surface area (Å²) in [5, 5.41) is 0.652. The smallest absolute Gasteiger partial charge is 0.260 e. The van der Waals surface area contributed by atoms with Crippen LogP contribution in [0.5, 0.6) is 0 Å². The second-order valence-electron chi connectivity index (χ2n) is 4.67. The molecule has 1 saturated heterocycles. The lowest BCUT2D eigenvalue weighted by atomic mass is 10.2. The molecule has 8 heteroatoms. The lowest BCUT2D eigenvalue weighted by Crippen LogP contribution is -2.46. The van der Waals surface area contributed by atoms with E-state index in [4.69, 9.17) is 17.2 Å². The van der Waals surface area contributed by atoms with Crippen LogP contribution in [0.4, 0.5) is 10.7 Å². The lowest BCUT2D eigenvalue weighted by Gasteiger charge is -2.35. The van der Waals surface area contributed by atoms with Gasteiger partial charge in [0.25, 0.3) is 11.8 Å². The zero-order valence-corrected chi connectivity index (χ0v) is 12.2. The van der Waals surface area contributed by atoms with Gasteiger partial charge in [0.05, 0.1) is 11.3 Å². The first-order chi connectivity index (χ1) is 9.45. The van der Waals surface area contributed by atoms with Crippen molar-refractivity contribution in [1.82, 2.24) is 4.90 Å². The van der Waals surface area contributed by atoms with Crippen LogP contribution in [-0.2, 0) is 0 Å². The highest BCUT2D eigenvalue weighted by atomic mass is 32.1. The molecule has 1 fully saturated rings. The molecule has 0 aromatic carbocycles. The van der Waals surface area contributed by atoms with E-state index in [0.29, 0.717) is 5.00 Å². The van der Waals surface area contributed by atoms with E-state index in [1.54, 1.807) is 0 Å². The van der Waals surface area contributed by atoms with Crippen LogP contribution in [0.25, 0.3) is 0 Å². The van der Waals surface area contributed by atoms with E-state index in [1.807, 2.05) is 4.90 Å². The van der Waals surface area contributed by atoms with Crippen molar-refractivity contribution in [3.05, 3.63) is 10.4 Å². The molecule has 20 heavy (non-hydrogen) atoms. The van der Waals surface area contributed by atoms with Crippen LogP contribution < -0.4 is 22.1 Å². The predicted octanol–water partition coefficient (Wildman–Crippen LogP) is -0.330. The Bertz CT molecular complexity index is 534. The summed E-state index contributed by atoms with van der Waals surface area (Å²) >= 11 is 1.14. The first-order valence-electron chi connectivity index (χ1n) is 6.44. The van der Waals surface area contributed by atoms with Crippen molar-refractivity contribution in [2.75, 3.05) is 43.4 Å². The van der Waals surface area contributed by atoms with E-state index < -0.39 is 11.8 Å². The Balaban J connectivity index is 2.34. The van der Waals surface area contributed by atoms with E-state index in [9.17, 15) is 9.59 Å². The summed E-state index contributed by atoms with van der Waals surface area (Å²) in [6, 6.07) is 0. The fourth-order valence-electron chi connectivity index (χ4n) is 2.34. The molecule has 110 valence electrons. The summed E-state index contributed by atoms with van der Waals surface area (Å²) in [5.74, 6) is -1.26. The van der Waals surface area contributed by atoms with Crippen LogP contribution in [0.3, 0.4) is 0 Å². The summed E-state index contributed by atoms with van der Waals surface area (Å²) in [6.45, 7) is 6.45. The number of primary amides is 2. The number of nitrogens with two attached hydrogens (primary N) is 3. The van der Waals surface area contributed by atoms with Crippen molar-refractivity contribution < 1.29 is 9.59 Å². The number of amides is 2. The standard InChI is InChI=1S/C12H19N5O2S/c1-2-16-3-5-17(6-4-16)12-7(10(14)18)8(13)9(20-12)11(15)19/h2-6,13H2,1H3,(H2,14,18)(H2,15,19). The van der Waals surface area contributed by atoms with Crippen molar-refractivity contribution in [2.45, 2.75) is 6.92 Å². The van der Waals surface area contributed by atoms with Gasteiger partial charge in [-0.1, -0.05) is 6.92 Å². The molecule has 7 nitrogen and oxygen atoms in total. The molecule has 0 spiro atoms. The minimum atomic E-state index is -0.631. The highest BCUT2D eigenvalue weighted by Gasteiger charge is 2.28. The molecule has 0 aliphatic carbocycles. The van der Waals surface area contributed by atoms with Gasteiger partial charge in [-0.3, -0.25) is 9.59 Å². The molecule has 6 N–H and O–H groups in total. The number of carbonyl (C=O) groups is 2. The van der Waals surface area contributed by atoms with Gasteiger partial charge in [-0.25, -0.2) is 0 Å². The van der Waals surface area contributed by atoms with Gasteiger partial charge in [-0.15, -0.1) is 11.3 Å². The first kappa shape index (κ1) is 14.6. The summed E-state index contributed by atoms with van der Waals surface area (Å²) in [4.78, 5) is 27.5. The average molecular weight is 297 g/mol. The van der Waals surface area contributed by atoms with Gasteiger partial charge in [-0.2, -0.15) is 0 Å². The number of piperazine rings is 1. The molecule has 0 unspecified atom stereocenters. The monoisotopic (exact) mass is 297 g/mol. The Hall–Kier alpha value is -1.80. The summed E-state index contributed by atoms with van der Waals surface area (Å²) < 4.78 is 0. The summed E-state index contributed by atoms with van der Waals surface area (Å²) in [5.41, 5.74) is 16.8. The number of nitrogens with zero attached hydrogens (tertiary/aromatic N) is 2. The van der Waals surface area contributed by atoms with Gasteiger partial charge < -0.3 is 27.0 Å². The maximum atomic E-state index is 11.6. The topological polar surface area (TPSA) is 119 Å². The third-order valence-electron chi connectivity index (χ3n) is 3.50. The van der Waals surface area contributed by atoms with Crippen LogP contribution in [-0.4, -0.2) is 49.4 Å². The fourth-order valence-corrected chi connectivity index (χ4v) is 3.47. The van der Waals surface area contributed by atoms with E-state index in [0.717, 1.165) is 44.1 Å². The van der Waals surface area contributed by atoms with E-state index in [1.165, 1.54) is 0 Å². The second-order valence-corrected chi connectivity index (χ2v) is 5.67. The van der Waals surface area contributed by atoms with Gasteiger partial charge in [0.15, 0.2) is 0 Å². The maximum absolute atomic E-state index is 11.6. The van der Waals surface area contributed by atoms with Crippen LogP contribution in [0.1, 0.15) is 27.0 Å². The number of nitrogen functional groups attached to an aromatic ring is 1. The molecule has 2 heterocycles. The van der Waals surface area contributed by atoms with E-state index >= 15 is 0 Å². The third-order valence-corrected chi connectivity index (χ3v) is 4.78. The molecule has 1 aromatic rings. The molecule has 0 radical (unpaired) electrons. The third kappa shape index (κ3) is 2.56. The first-order valence-corrected chi connectivity index (χ1v) is 7.26. The highest BCUT2D eigenvalue weighted by Crippen LogP contribution is 2.38. The van der Waals surface area contributed by atoms with Crippen LogP contribution >= 0.6 is 11.3 Å². The van der Waals surface area contributed by atoms with Gasteiger partial charge >= 0.3 is 0 Å². The highest BCUT2D eigenvalue weighted by molar-refractivity contribution is 7.19. The predicted molar refractivity (Wildman–Crippen MR) is 80.1 cm³/mol. The van der Waals surface area contributed by atoms with E-state index in [2.05, 4.69) is 11.8 Å². The van der Waals surface area contributed by atoms with Gasteiger partial charge in [0, 0.05) is 26.2 Å². The van der Waals surface area contributed by atoms with Crippen LogP contribution in [0.2, 0.25) is 0 Å². The van der Waals surface area contributed by atoms with Crippen molar-refractivity contribution >= 4 is 33.8 Å². The zero-order chi connectivity index (χ0) is 14.9. The molecular weight excluding hydrogens is 278 g/mol. The SMILES string of the molecule is CCN1CCN(c2sc(C(N)=O)c(N)c2C(N)=O)CC1. The number of hydrogen-bond acceptors (Lipinski definition) is 6. The van der Waals surface area contributed by atoms with Crippen molar-refractivity contribution in [3.63, 3.8) is 0 Å². The molecule has 0 atom stereocenters. The van der Waals surface area contributed by atoms with Crippen LogP contribution in [0, 0.1) is 0 Å². The Morgan fingerprint density at radius 2 is 1.75 bits per heavy atom. The molecule has 0 bridgehead atoms. The molecule has 1 aromatic heterocycles.